The summed E-state index contributed by atoms with van der Waals surface area (Å²) >= 11 is 5.16. The molecule has 5 nitrogen and oxygen atoms in total. The van der Waals surface area contributed by atoms with Crippen LogP contribution in [0.3, 0.4) is 0 Å². The average Bonchev–Trinajstić information content (AvgIpc) is 2.63. The molecule has 3 rings (SSSR count). The van der Waals surface area contributed by atoms with Crippen molar-refractivity contribution in [3.63, 3.8) is 0 Å². The quantitative estimate of drug-likeness (QED) is 0.512. The highest BCUT2D eigenvalue weighted by Crippen LogP contribution is 2.22. The highest BCUT2D eigenvalue weighted by atomic mass is 32.1. The highest BCUT2D eigenvalue weighted by molar-refractivity contribution is 7.80. The number of nitrogens with zero attached hydrogens (tertiary/aromatic N) is 2. The Bertz CT molecular complexity index is 879. The first-order chi connectivity index (χ1) is 12.5. The van der Waals surface area contributed by atoms with Gasteiger partial charge in [-0.25, -0.2) is 4.39 Å². The van der Waals surface area contributed by atoms with E-state index < -0.39 is 17.7 Å². The number of aryl methyl sites for hydroxylation is 1. The van der Waals surface area contributed by atoms with Crippen molar-refractivity contribution >= 4 is 46.7 Å². The molecular weight excluding hydrogens is 353 g/mol. The molecule has 132 valence electrons. The van der Waals surface area contributed by atoms with Crippen molar-refractivity contribution < 1.29 is 14.0 Å². The molecule has 1 N–H and O–H groups in total. The molecule has 0 saturated carbocycles. The molecule has 1 aliphatic heterocycles. The topological polar surface area (TPSA) is 61.8 Å². The third-order valence-electron chi connectivity index (χ3n) is 4.00. The summed E-state index contributed by atoms with van der Waals surface area (Å²) in [6, 6.07) is 12.8. The monoisotopic (exact) mass is 369 g/mol. The predicted octanol–water partition coefficient (Wildman–Crippen LogP) is 3.15. The fourth-order valence-electron chi connectivity index (χ4n) is 2.53. The molecule has 0 unspecified atom stereocenters. The van der Waals surface area contributed by atoms with E-state index in [-0.39, 0.29) is 10.9 Å². The van der Waals surface area contributed by atoms with Crippen LogP contribution in [0.4, 0.5) is 15.8 Å². The van der Waals surface area contributed by atoms with Gasteiger partial charge in [0, 0.05) is 6.21 Å². The van der Waals surface area contributed by atoms with Gasteiger partial charge in [-0.3, -0.25) is 19.5 Å². The summed E-state index contributed by atoms with van der Waals surface area (Å²) in [6.45, 7) is 2.04. The van der Waals surface area contributed by atoms with E-state index in [9.17, 15) is 14.0 Å². The number of anilines is 1. The van der Waals surface area contributed by atoms with E-state index in [4.69, 9.17) is 12.2 Å². The van der Waals surface area contributed by atoms with E-state index >= 15 is 0 Å². The second-order valence-electron chi connectivity index (χ2n) is 5.72. The molecule has 1 heterocycles. The lowest BCUT2D eigenvalue weighted by Gasteiger charge is -2.31. The summed E-state index contributed by atoms with van der Waals surface area (Å²) in [5.74, 6) is -2.51. The van der Waals surface area contributed by atoms with Gasteiger partial charge in [0.05, 0.1) is 11.4 Å². The lowest BCUT2D eigenvalue weighted by Crippen LogP contribution is -2.58. The smallest absolute Gasteiger partial charge is 0.251 e. The second kappa shape index (κ2) is 7.53. The Morgan fingerprint density at radius 2 is 1.81 bits per heavy atom. The predicted molar refractivity (Wildman–Crippen MR) is 102 cm³/mol. The van der Waals surface area contributed by atoms with Crippen LogP contribution in [0.25, 0.3) is 0 Å². The maximum Gasteiger partial charge on any atom is 0.251 e. The standard InChI is InChI=1S/C19H16FN3O2S/c1-2-12-3-9-15(10-4-12)23-18(25)16(17(24)22-19(23)26)11-21-14-7-5-13(20)6-8-14/h3-11,16H,2H2,1H3,(H,22,24,26)/t16-/m0/s1. The Morgan fingerprint density at radius 3 is 2.42 bits per heavy atom. The number of rotatable bonds is 4. The first-order valence-electron chi connectivity index (χ1n) is 8.07. The number of carbonyl (C=O) groups excluding carboxylic acids is 2. The summed E-state index contributed by atoms with van der Waals surface area (Å²) in [7, 11) is 0. The third-order valence-corrected chi connectivity index (χ3v) is 4.29. The van der Waals surface area contributed by atoms with Gasteiger partial charge >= 0.3 is 0 Å². The van der Waals surface area contributed by atoms with Crippen molar-refractivity contribution in [2.75, 3.05) is 4.90 Å². The van der Waals surface area contributed by atoms with Gasteiger partial charge in [0.1, 0.15) is 5.82 Å². The maximum atomic E-state index is 13.0. The molecule has 1 fully saturated rings. The van der Waals surface area contributed by atoms with Crippen LogP contribution >= 0.6 is 12.2 Å². The fraction of sp³-hybridized carbons (Fsp3) is 0.158. The van der Waals surface area contributed by atoms with Gasteiger partial charge in [0.25, 0.3) is 5.91 Å². The Balaban J connectivity index is 1.86. The number of halogens is 1. The van der Waals surface area contributed by atoms with Crippen LogP contribution < -0.4 is 10.2 Å². The maximum absolute atomic E-state index is 13.0. The number of hydrogen-bond donors (Lipinski definition) is 1. The van der Waals surface area contributed by atoms with E-state index in [1.807, 2.05) is 19.1 Å². The molecule has 2 aromatic rings. The number of nitrogens with one attached hydrogen (secondary N) is 1. The SMILES string of the molecule is CCc1ccc(N2C(=O)[C@@H](C=Nc3ccc(F)cc3)C(=O)NC2=S)cc1. The van der Waals surface area contributed by atoms with Crippen molar-refractivity contribution in [2.45, 2.75) is 13.3 Å². The van der Waals surface area contributed by atoms with Crippen molar-refractivity contribution in [3.05, 3.63) is 59.9 Å². The Morgan fingerprint density at radius 1 is 1.15 bits per heavy atom. The van der Waals surface area contributed by atoms with E-state index in [0.29, 0.717) is 11.4 Å². The zero-order valence-corrected chi connectivity index (χ0v) is 14.8. The molecule has 0 aliphatic carbocycles. The average molecular weight is 369 g/mol. The molecule has 0 aromatic heterocycles. The molecule has 2 aromatic carbocycles. The Kier molecular flexibility index (Phi) is 5.18. The summed E-state index contributed by atoms with van der Waals surface area (Å²) < 4.78 is 13.0. The van der Waals surface area contributed by atoms with Crippen LogP contribution in [0.2, 0.25) is 0 Å². The van der Waals surface area contributed by atoms with Crippen LogP contribution in [0.15, 0.2) is 53.5 Å². The molecule has 0 spiro atoms. The largest absolute Gasteiger partial charge is 0.301 e. The molecule has 0 bridgehead atoms. The van der Waals surface area contributed by atoms with Crippen molar-refractivity contribution in [1.29, 1.82) is 0 Å². The number of amides is 2. The van der Waals surface area contributed by atoms with Gasteiger partial charge in [0.2, 0.25) is 5.91 Å². The van der Waals surface area contributed by atoms with Crippen molar-refractivity contribution in [1.82, 2.24) is 5.32 Å². The summed E-state index contributed by atoms with van der Waals surface area (Å²) in [5.41, 5.74) is 2.15. The van der Waals surface area contributed by atoms with Crippen molar-refractivity contribution in [3.8, 4) is 0 Å². The van der Waals surface area contributed by atoms with Gasteiger partial charge in [-0.2, -0.15) is 0 Å². The number of hydrogen-bond acceptors (Lipinski definition) is 4. The molecule has 1 aliphatic rings. The van der Waals surface area contributed by atoms with Gasteiger partial charge in [-0.15, -0.1) is 0 Å². The number of thiocarbonyl (C=S) groups is 1. The third kappa shape index (κ3) is 3.67. The normalized spacial score (nSPS) is 17.7. The highest BCUT2D eigenvalue weighted by Gasteiger charge is 2.38. The molecular formula is C19H16FN3O2S. The molecule has 1 saturated heterocycles. The van der Waals surface area contributed by atoms with E-state index in [1.165, 1.54) is 35.4 Å². The Labute approximate surface area is 155 Å². The lowest BCUT2D eigenvalue weighted by atomic mass is 10.1. The van der Waals surface area contributed by atoms with Crippen LogP contribution in [0, 0.1) is 11.7 Å². The summed E-state index contributed by atoms with van der Waals surface area (Å²) in [6.07, 6.45) is 2.13. The minimum absolute atomic E-state index is 0.0377. The van der Waals surface area contributed by atoms with Gasteiger partial charge < -0.3 is 5.32 Å². The summed E-state index contributed by atoms with van der Waals surface area (Å²) in [5, 5.41) is 2.57. The van der Waals surface area contributed by atoms with Crippen molar-refractivity contribution in [2.24, 2.45) is 10.9 Å². The fourth-order valence-corrected chi connectivity index (χ4v) is 2.83. The number of carbonyl (C=O) groups is 2. The number of benzene rings is 2. The van der Waals surface area contributed by atoms with Crippen LogP contribution in [-0.2, 0) is 16.0 Å². The molecule has 26 heavy (non-hydrogen) atoms. The van der Waals surface area contributed by atoms with Gasteiger partial charge in [-0.05, 0) is 60.6 Å². The zero-order valence-electron chi connectivity index (χ0n) is 14.0. The lowest BCUT2D eigenvalue weighted by molar-refractivity contribution is -0.130. The second-order valence-corrected chi connectivity index (χ2v) is 6.11. The minimum Gasteiger partial charge on any atom is -0.301 e. The first-order valence-corrected chi connectivity index (χ1v) is 8.48. The zero-order chi connectivity index (χ0) is 18.7. The molecule has 2 amide bonds. The van der Waals surface area contributed by atoms with E-state index in [2.05, 4.69) is 10.3 Å². The van der Waals surface area contributed by atoms with Crippen LogP contribution in [-0.4, -0.2) is 23.1 Å². The summed E-state index contributed by atoms with van der Waals surface area (Å²) in [4.78, 5) is 30.4. The molecule has 1 atom stereocenters. The molecule has 7 heteroatoms. The van der Waals surface area contributed by atoms with Crippen LogP contribution in [0.1, 0.15) is 12.5 Å². The Hall–Kier alpha value is -2.93. The van der Waals surface area contributed by atoms with Gasteiger partial charge in [0.15, 0.2) is 11.0 Å². The van der Waals surface area contributed by atoms with E-state index in [0.717, 1.165) is 12.0 Å². The van der Waals surface area contributed by atoms with E-state index in [1.54, 1.807) is 12.1 Å². The van der Waals surface area contributed by atoms with Gasteiger partial charge in [-0.1, -0.05) is 19.1 Å². The minimum atomic E-state index is -1.11. The molecule has 0 radical (unpaired) electrons. The van der Waals surface area contributed by atoms with Crippen LogP contribution in [0.5, 0.6) is 0 Å². The number of aliphatic imine (C=N–C) groups is 1. The first kappa shape index (κ1) is 17.9.